The molecule has 1 unspecified atom stereocenters. The molecule has 4 rings (SSSR count). The van der Waals surface area contributed by atoms with Crippen molar-refractivity contribution >= 4 is 34.8 Å². The molecule has 0 spiro atoms. The van der Waals surface area contributed by atoms with Crippen molar-refractivity contribution < 1.29 is 41.7 Å². The number of rotatable bonds is 8. The zero-order chi connectivity index (χ0) is 29.0. The molecule has 0 radical (unpaired) electrons. The number of esters is 1. The third-order valence-electron chi connectivity index (χ3n) is 6.83. The van der Waals surface area contributed by atoms with Crippen LogP contribution in [0.1, 0.15) is 36.8 Å². The fourth-order valence-electron chi connectivity index (χ4n) is 4.76. The molecular weight excluding hydrogens is 536 g/mol. The van der Waals surface area contributed by atoms with E-state index in [1.165, 1.54) is 24.3 Å². The molecule has 2 aromatic rings. The van der Waals surface area contributed by atoms with Crippen LogP contribution in [-0.2, 0) is 25.2 Å². The SMILES string of the molecule is COCCC[C@H]1CN(C2=Nc3ccc(F)cc3Nc3ccc(C(F)(F)F)cc32)C(OC(=O)CCC(=O)O)CN1C. The quantitative estimate of drug-likeness (QED) is 0.268. The first-order valence-electron chi connectivity index (χ1n) is 12.7. The van der Waals surface area contributed by atoms with Gasteiger partial charge in [-0.25, -0.2) is 9.38 Å². The summed E-state index contributed by atoms with van der Waals surface area (Å²) >= 11 is 0. The average molecular weight is 567 g/mol. The number of halogens is 4. The van der Waals surface area contributed by atoms with E-state index in [4.69, 9.17) is 14.6 Å². The van der Waals surface area contributed by atoms with E-state index < -0.39 is 42.1 Å². The maximum Gasteiger partial charge on any atom is 0.416 e. The van der Waals surface area contributed by atoms with Crippen molar-refractivity contribution in [2.24, 2.45) is 4.99 Å². The number of carboxylic acid groups (broad SMARTS) is 1. The molecule has 0 aliphatic carbocycles. The molecule has 40 heavy (non-hydrogen) atoms. The second kappa shape index (κ2) is 12.2. The third-order valence-corrected chi connectivity index (χ3v) is 6.83. The van der Waals surface area contributed by atoms with Crippen molar-refractivity contribution in [3.63, 3.8) is 0 Å². The lowest BCUT2D eigenvalue weighted by atomic mass is 10.0. The molecule has 2 heterocycles. The van der Waals surface area contributed by atoms with Crippen LogP contribution in [0.4, 0.5) is 34.6 Å². The molecule has 2 aliphatic rings. The van der Waals surface area contributed by atoms with Crippen LogP contribution in [-0.4, -0.2) is 78.8 Å². The second-order valence-electron chi connectivity index (χ2n) is 9.70. The Morgan fingerprint density at radius 3 is 2.60 bits per heavy atom. The number of anilines is 2. The predicted molar refractivity (Wildman–Crippen MR) is 138 cm³/mol. The summed E-state index contributed by atoms with van der Waals surface area (Å²) in [7, 11) is 3.43. The summed E-state index contributed by atoms with van der Waals surface area (Å²) in [6.07, 6.45) is -5.02. The van der Waals surface area contributed by atoms with Gasteiger partial charge in [0, 0.05) is 37.6 Å². The normalized spacial score (nSPS) is 19.1. The zero-order valence-corrected chi connectivity index (χ0v) is 22.0. The van der Waals surface area contributed by atoms with E-state index >= 15 is 0 Å². The maximum atomic E-state index is 14.1. The fourth-order valence-corrected chi connectivity index (χ4v) is 4.76. The number of likely N-dealkylation sites (N-methyl/N-ethyl adjacent to an activating group) is 1. The molecule has 0 amide bonds. The van der Waals surface area contributed by atoms with Crippen LogP contribution in [0.15, 0.2) is 41.4 Å². The van der Waals surface area contributed by atoms with E-state index in [1.54, 1.807) is 12.0 Å². The van der Waals surface area contributed by atoms with Crippen molar-refractivity contribution in [1.29, 1.82) is 0 Å². The summed E-state index contributed by atoms with van der Waals surface area (Å²) in [5, 5.41) is 12.0. The number of hydrogen-bond acceptors (Lipinski definition) is 8. The molecule has 1 saturated heterocycles. The van der Waals surface area contributed by atoms with Crippen LogP contribution in [0.5, 0.6) is 0 Å². The number of amidine groups is 1. The van der Waals surface area contributed by atoms with E-state index in [1.807, 2.05) is 11.9 Å². The Bertz CT molecular complexity index is 1290. The molecule has 0 saturated carbocycles. The Labute approximate surface area is 228 Å². The molecule has 2 N–H and O–H groups in total. The maximum absolute atomic E-state index is 14.1. The Hall–Kier alpha value is -3.71. The Morgan fingerprint density at radius 2 is 1.90 bits per heavy atom. The number of aliphatic imine (C=N–C) groups is 1. The Morgan fingerprint density at radius 1 is 1.12 bits per heavy atom. The molecule has 2 aliphatic heterocycles. The van der Waals surface area contributed by atoms with Crippen molar-refractivity contribution in [2.45, 2.75) is 44.1 Å². The van der Waals surface area contributed by atoms with Gasteiger partial charge in [-0.05, 0) is 56.3 Å². The third kappa shape index (κ3) is 6.89. The van der Waals surface area contributed by atoms with Gasteiger partial charge in [-0.2, -0.15) is 13.2 Å². The molecular formula is C27H30F4N4O5. The van der Waals surface area contributed by atoms with Crippen LogP contribution < -0.4 is 5.32 Å². The van der Waals surface area contributed by atoms with Gasteiger partial charge >= 0.3 is 18.1 Å². The summed E-state index contributed by atoms with van der Waals surface area (Å²) in [6.45, 7) is 0.940. The van der Waals surface area contributed by atoms with Gasteiger partial charge < -0.3 is 24.8 Å². The highest BCUT2D eigenvalue weighted by molar-refractivity contribution is 6.08. The number of hydrogen-bond donors (Lipinski definition) is 2. The van der Waals surface area contributed by atoms with Gasteiger partial charge in [-0.1, -0.05) is 0 Å². The molecule has 9 nitrogen and oxygen atoms in total. The second-order valence-corrected chi connectivity index (χ2v) is 9.70. The predicted octanol–water partition coefficient (Wildman–Crippen LogP) is 4.76. The van der Waals surface area contributed by atoms with E-state index in [9.17, 15) is 27.2 Å². The molecule has 13 heteroatoms. The summed E-state index contributed by atoms with van der Waals surface area (Å²) in [6, 6.07) is 6.86. The van der Waals surface area contributed by atoms with Crippen molar-refractivity contribution in [3.05, 3.63) is 53.3 Å². The number of aliphatic carboxylic acids is 1. The minimum Gasteiger partial charge on any atom is -0.481 e. The van der Waals surface area contributed by atoms with E-state index in [2.05, 4.69) is 10.3 Å². The number of methoxy groups -OCH3 is 1. The standard InChI is InChI=1S/C27H30F4N4O5/c1-34-15-23(40-25(38)10-9-24(36)37)35(14-18(34)4-3-11-39-2)26-19-12-16(27(29,30)31)5-7-20(19)32-22-13-17(28)6-8-21(22)33-26/h5-8,12-13,18,23,32H,3-4,9-11,14-15H2,1-2H3,(H,36,37)/t18-,23?/m0/s1. The molecule has 0 aromatic heterocycles. The lowest BCUT2D eigenvalue weighted by Gasteiger charge is -2.45. The number of nitrogens with one attached hydrogen (secondary N) is 1. The summed E-state index contributed by atoms with van der Waals surface area (Å²) in [5.74, 6) is -2.37. The van der Waals surface area contributed by atoms with Crippen molar-refractivity contribution in [3.8, 4) is 0 Å². The first kappa shape index (κ1) is 29.3. The minimum absolute atomic E-state index is 0.0926. The first-order valence-corrected chi connectivity index (χ1v) is 12.7. The minimum atomic E-state index is -4.64. The van der Waals surface area contributed by atoms with Crippen LogP contribution >= 0.6 is 0 Å². The molecule has 0 bridgehead atoms. The largest absolute Gasteiger partial charge is 0.481 e. The number of nitrogens with zero attached hydrogens (tertiary/aromatic N) is 3. The summed E-state index contributed by atoms with van der Waals surface area (Å²) in [4.78, 5) is 31.9. The van der Waals surface area contributed by atoms with Gasteiger partial charge in [0.25, 0.3) is 0 Å². The highest BCUT2D eigenvalue weighted by atomic mass is 19.4. The van der Waals surface area contributed by atoms with Gasteiger partial charge in [0.2, 0.25) is 0 Å². The van der Waals surface area contributed by atoms with E-state index in [0.29, 0.717) is 19.4 Å². The molecule has 1 fully saturated rings. The number of alkyl halides is 3. The summed E-state index contributed by atoms with van der Waals surface area (Å²) in [5.41, 5.74) is 0.00236. The highest BCUT2D eigenvalue weighted by Crippen LogP contribution is 2.39. The average Bonchev–Trinajstić information content (AvgIpc) is 3.04. The molecule has 216 valence electrons. The number of piperazine rings is 1. The fraction of sp³-hybridized carbons (Fsp3) is 0.444. The van der Waals surface area contributed by atoms with Gasteiger partial charge in [-0.3, -0.25) is 14.5 Å². The van der Waals surface area contributed by atoms with E-state index in [0.717, 1.165) is 12.1 Å². The number of carbonyl (C=O) groups excluding carboxylic acids is 1. The number of ether oxygens (including phenoxy) is 2. The number of benzene rings is 2. The lowest BCUT2D eigenvalue weighted by Crippen LogP contribution is -2.60. The van der Waals surface area contributed by atoms with Crippen LogP contribution in [0, 0.1) is 5.82 Å². The number of fused-ring (bicyclic) bond motifs is 2. The van der Waals surface area contributed by atoms with Crippen LogP contribution in [0.3, 0.4) is 0 Å². The number of carboxylic acids is 1. The molecule has 2 atom stereocenters. The van der Waals surface area contributed by atoms with Gasteiger partial charge in [0.1, 0.15) is 11.7 Å². The van der Waals surface area contributed by atoms with E-state index in [-0.39, 0.29) is 54.0 Å². The van der Waals surface area contributed by atoms with Crippen LogP contribution in [0.25, 0.3) is 0 Å². The highest BCUT2D eigenvalue weighted by Gasteiger charge is 2.39. The summed E-state index contributed by atoms with van der Waals surface area (Å²) < 4.78 is 66.3. The lowest BCUT2D eigenvalue weighted by molar-refractivity contribution is -0.163. The Balaban J connectivity index is 1.80. The monoisotopic (exact) mass is 566 g/mol. The zero-order valence-electron chi connectivity index (χ0n) is 22.0. The smallest absolute Gasteiger partial charge is 0.416 e. The Kier molecular flexibility index (Phi) is 8.94. The van der Waals surface area contributed by atoms with Crippen molar-refractivity contribution in [1.82, 2.24) is 9.80 Å². The van der Waals surface area contributed by atoms with Gasteiger partial charge in [0.05, 0.1) is 36.3 Å². The van der Waals surface area contributed by atoms with Gasteiger partial charge in [-0.15, -0.1) is 0 Å². The topological polar surface area (TPSA) is 104 Å². The first-order chi connectivity index (χ1) is 19.0. The molecule has 2 aromatic carbocycles. The number of carbonyl (C=O) groups is 2. The van der Waals surface area contributed by atoms with Crippen molar-refractivity contribution in [2.75, 3.05) is 39.2 Å². The van der Waals surface area contributed by atoms with Crippen LogP contribution in [0.2, 0.25) is 0 Å². The van der Waals surface area contributed by atoms with Gasteiger partial charge in [0.15, 0.2) is 6.23 Å².